The molecule has 0 aliphatic carbocycles. The fourth-order valence-corrected chi connectivity index (χ4v) is 0.317. The molecular formula is C4H9NO4S. The second-order valence-electron chi connectivity index (χ2n) is 1.28. The lowest BCUT2D eigenvalue weighted by atomic mass is 10.7. The highest BCUT2D eigenvalue weighted by molar-refractivity contribution is 7.96. The largest absolute Gasteiger partial charge is 0.480 e. The van der Waals surface area contributed by atoms with E-state index in [4.69, 9.17) is 5.11 Å². The van der Waals surface area contributed by atoms with Crippen molar-refractivity contribution in [3.05, 3.63) is 0 Å². The maximum absolute atomic E-state index is 9.97. The number of carboxylic acids is 1. The highest BCUT2D eigenvalue weighted by Gasteiger charge is 1.97. The summed E-state index contributed by atoms with van der Waals surface area (Å²) >= 11 is 3.34. The molecule has 0 saturated heterocycles. The third kappa shape index (κ3) is 10.4. The van der Waals surface area contributed by atoms with Crippen LogP contribution in [0.4, 0.5) is 0 Å². The second-order valence-corrected chi connectivity index (χ2v) is 1.78. The molecule has 0 aromatic heterocycles. The Morgan fingerprint density at radius 1 is 1.40 bits per heavy atom. The minimum Gasteiger partial charge on any atom is -0.480 e. The van der Waals surface area contributed by atoms with Gasteiger partial charge in [-0.2, -0.15) is 0 Å². The molecule has 0 aromatic rings. The second kappa shape index (κ2) is 6.53. The summed E-state index contributed by atoms with van der Waals surface area (Å²) in [5.41, 5.74) is 0. The first-order valence-corrected chi connectivity index (χ1v) is 2.59. The van der Waals surface area contributed by atoms with Gasteiger partial charge in [-0.1, -0.05) is 0 Å². The summed E-state index contributed by atoms with van der Waals surface area (Å²) in [7, 11) is 0. The first-order valence-electron chi connectivity index (χ1n) is 2.14. The van der Waals surface area contributed by atoms with Crippen LogP contribution in [0.1, 0.15) is 0 Å². The maximum Gasteiger partial charge on any atom is 0.329 e. The van der Waals surface area contributed by atoms with E-state index in [9.17, 15) is 9.59 Å². The number of hydrogen-bond donors (Lipinski definition) is 3. The summed E-state index contributed by atoms with van der Waals surface area (Å²) in [6.07, 6.45) is 0. The first-order chi connectivity index (χ1) is 4.13. The highest BCUT2D eigenvalue weighted by Crippen LogP contribution is 1.80. The quantitative estimate of drug-likeness (QED) is 0.499. The molecule has 0 heterocycles. The Kier molecular flexibility index (Phi) is 7.91. The Morgan fingerprint density at radius 2 is 1.90 bits per heavy atom. The minimum atomic E-state index is -1.09. The van der Waals surface area contributed by atoms with Crippen molar-refractivity contribution in [3.8, 4) is 0 Å². The van der Waals surface area contributed by atoms with E-state index in [1.165, 1.54) is 0 Å². The van der Waals surface area contributed by atoms with Gasteiger partial charge in [0.05, 0.1) is 0 Å². The van der Waals surface area contributed by atoms with Gasteiger partial charge in [0.25, 0.3) is 0 Å². The summed E-state index contributed by atoms with van der Waals surface area (Å²) < 4.78 is 4.33. The van der Waals surface area contributed by atoms with Crippen molar-refractivity contribution in [1.82, 2.24) is 6.15 Å². The summed E-state index contributed by atoms with van der Waals surface area (Å²) in [4.78, 5) is 19.7. The van der Waals surface area contributed by atoms with Gasteiger partial charge in [-0.15, -0.1) is 12.6 Å². The van der Waals surface area contributed by atoms with E-state index in [0.717, 1.165) is 0 Å². The van der Waals surface area contributed by atoms with Gasteiger partial charge in [0.2, 0.25) is 5.12 Å². The number of carbonyl (C=O) groups excluding carboxylic acids is 1. The van der Waals surface area contributed by atoms with Crippen LogP contribution in [-0.4, -0.2) is 29.4 Å². The predicted octanol–water partition coefficient (Wildman–Crippen LogP) is -0.294. The Balaban J connectivity index is 0. The van der Waals surface area contributed by atoms with E-state index in [1.54, 1.807) is 0 Å². The van der Waals surface area contributed by atoms with Gasteiger partial charge in [0.15, 0.2) is 0 Å². The van der Waals surface area contributed by atoms with Crippen molar-refractivity contribution < 1.29 is 19.4 Å². The molecule has 0 amide bonds. The monoisotopic (exact) mass is 167 g/mol. The average molecular weight is 167 g/mol. The third-order valence-corrected chi connectivity index (χ3v) is 0.580. The summed E-state index contributed by atoms with van der Waals surface area (Å²) in [6, 6.07) is 0. The zero-order valence-corrected chi connectivity index (χ0v) is 6.13. The van der Waals surface area contributed by atoms with E-state index in [1.807, 2.05) is 0 Å². The number of carbonyl (C=O) groups is 2. The fraction of sp³-hybridized carbons (Fsp3) is 0.500. The van der Waals surface area contributed by atoms with Gasteiger partial charge < -0.3 is 16.0 Å². The molecule has 10 heavy (non-hydrogen) atoms. The molecule has 6 heteroatoms. The van der Waals surface area contributed by atoms with Crippen LogP contribution in [0.15, 0.2) is 0 Å². The van der Waals surface area contributed by atoms with Crippen LogP contribution in [-0.2, 0) is 14.3 Å². The molecule has 0 spiro atoms. The molecular weight excluding hydrogens is 158 g/mol. The van der Waals surface area contributed by atoms with Gasteiger partial charge >= 0.3 is 5.97 Å². The standard InChI is InChI=1S/C4H6O4S.H3N/c5-3(6)1-8-2-4(7)9;/h1-2H2,(H,5,6)(H,7,9);1H3. The number of aliphatic carboxylic acids is 1. The molecule has 0 radical (unpaired) electrons. The number of hydrogen-bond acceptors (Lipinski definition) is 4. The van der Waals surface area contributed by atoms with Gasteiger partial charge in [0, 0.05) is 0 Å². The smallest absolute Gasteiger partial charge is 0.329 e. The molecule has 0 saturated carbocycles. The molecule has 5 nitrogen and oxygen atoms in total. The lowest BCUT2D eigenvalue weighted by Crippen LogP contribution is -2.10. The lowest BCUT2D eigenvalue weighted by Gasteiger charge is -1.93. The van der Waals surface area contributed by atoms with Crippen molar-refractivity contribution in [1.29, 1.82) is 0 Å². The Hall–Kier alpha value is -0.590. The summed E-state index contributed by atoms with van der Waals surface area (Å²) in [5.74, 6) is -1.09. The Morgan fingerprint density at radius 3 is 2.20 bits per heavy atom. The molecule has 0 rings (SSSR count). The molecule has 0 aliphatic heterocycles. The topological polar surface area (TPSA) is 98.6 Å². The molecule has 0 unspecified atom stereocenters. The average Bonchev–Trinajstić information content (AvgIpc) is 1.63. The molecule has 60 valence electrons. The first kappa shape index (κ1) is 12.1. The Labute approximate surface area is 63.4 Å². The van der Waals surface area contributed by atoms with Crippen LogP contribution in [0.2, 0.25) is 0 Å². The normalized spacial score (nSPS) is 8.10. The van der Waals surface area contributed by atoms with Crippen molar-refractivity contribution in [2.45, 2.75) is 0 Å². The number of ether oxygens (including phenoxy) is 1. The fourth-order valence-electron chi connectivity index (χ4n) is 0.226. The van der Waals surface area contributed by atoms with Crippen molar-refractivity contribution in [2.24, 2.45) is 0 Å². The number of thiol groups is 1. The zero-order chi connectivity index (χ0) is 7.28. The van der Waals surface area contributed by atoms with E-state index >= 15 is 0 Å². The SMILES string of the molecule is N.O=C(O)COCC(=O)S. The van der Waals surface area contributed by atoms with Crippen LogP contribution in [0.25, 0.3) is 0 Å². The van der Waals surface area contributed by atoms with Crippen LogP contribution in [0.3, 0.4) is 0 Å². The van der Waals surface area contributed by atoms with Gasteiger partial charge in [0.1, 0.15) is 13.2 Å². The van der Waals surface area contributed by atoms with Crippen molar-refractivity contribution >= 4 is 23.7 Å². The van der Waals surface area contributed by atoms with Crippen LogP contribution in [0, 0.1) is 0 Å². The third-order valence-electron chi connectivity index (χ3n) is 0.451. The summed E-state index contributed by atoms with van der Waals surface area (Å²) in [5, 5.41) is 7.49. The van der Waals surface area contributed by atoms with Gasteiger partial charge in [-0.25, -0.2) is 4.79 Å². The highest BCUT2D eigenvalue weighted by atomic mass is 32.1. The zero-order valence-electron chi connectivity index (χ0n) is 5.24. The van der Waals surface area contributed by atoms with E-state index in [-0.39, 0.29) is 12.8 Å². The van der Waals surface area contributed by atoms with E-state index in [2.05, 4.69) is 17.4 Å². The molecule has 0 atom stereocenters. The molecule has 0 bridgehead atoms. The minimum absolute atomic E-state index is 0. The van der Waals surface area contributed by atoms with Crippen LogP contribution in [0.5, 0.6) is 0 Å². The molecule has 0 fully saturated rings. The molecule has 4 N–H and O–H groups in total. The van der Waals surface area contributed by atoms with Gasteiger partial charge in [-0.3, -0.25) is 4.79 Å². The van der Waals surface area contributed by atoms with Crippen molar-refractivity contribution in [3.63, 3.8) is 0 Å². The van der Waals surface area contributed by atoms with E-state index < -0.39 is 17.7 Å². The molecule has 0 aromatic carbocycles. The van der Waals surface area contributed by atoms with Crippen LogP contribution < -0.4 is 6.15 Å². The molecule has 0 aliphatic rings. The lowest BCUT2D eigenvalue weighted by molar-refractivity contribution is -0.142. The number of rotatable bonds is 4. The van der Waals surface area contributed by atoms with Crippen molar-refractivity contribution in [2.75, 3.05) is 13.2 Å². The maximum atomic E-state index is 9.97. The van der Waals surface area contributed by atoms with Gasteiger partial charge in [-0.05, 0) is 0 Å². The number of carboxylic acid groups (broad SMARTS) is 1. The van der Waals surface area contributed by atoms with Crippen LogP contribution >= 0.6 is 12.6 Å². The predicted molar refractivity (Wildman–Crippen MR) is 37.5 cm³/mol. The van der Waals surface area contributed by atoms with E-state index in [0.29, 0.717) is 0 Å². The Bertz CT molecular complexity index is 112. The summed E-state index contributed by atoms with van der Waals surface area (Å²) in [6.45, 7) is -0.707.